The van der Waals surface area contributed by atoms with Crippen molar-refractivity contribution in [3.05, 3.63) is 59.1 Å². The van der Waals surface area contributed by atoms with Crippen molar-refractivity contribution < 1.29 is 21.6 Å². The summed E-state index contributed by atoms with van der Waals surface area (Å²) in [5, 5.41) is 3.17. The van der Waals surface area contributed by atoms with Gasteiger partial charge in [-0.15, -0.1) is 0 Å². The number of benzene rings is 2. The standard InChI is InChI=1S/C18H21ClN2O5S2/c1-13(14-3-7-16(8-4-14)27(2,23)24)21-18(22)11-12-20-28(25,26)17-9-5-15(19)6-10-17/h3-10,13,20H,11-12H2,1-2H3,(H,21,22). The van der Waals surface area contributed by atoms with Crippen LogP contribution in [0.1, 0.15) is 24.9 Å². The van der Waals surface area contributed by atoms with Crippen LogP contribution in [0.2, 0.25) is 5.02 Å². The average Bonchev–Trinajstić information content (AvgIpc) is 2.61. The van der Waals surface area contributed by atoms with Crippen molar-refractivity contribution in [2.24, 2.45) is 0 Å². The molecule has 28 heavy (non-hydrogen) atoms. The lowest BCUT2D eigenvalue weighted by Crippen LogP contribution is -2.32. The number of sulfonamides is 1. The van der Waals surface area contributed by atoms with Gasteiger partial charge in [-0.05, 0) is 48.9 Å². The van der Waals surface area contributed by atoms with Crippen LogP contribution in [0.25, 0.3) is 0 Å². The molecule has 0 radical (unpaired) electrons. The molecule has 0 fully saturated rings. The van der Waals surface area contributed by atoms with Crippen molar-refractivity contribution in [3.63, 3.8) is 0 Å². The summed E-state index contributed by atoms with van der Waals surface area (Å²) in [4.78, 5) is 12.3. The van der Waals surface area contributed by atoms with Gasteiger partial charge < -0.3 is 5.32 Å². The maximum atomic E-state index is 12.1. The summed E-state index contributed by atoms with van der Waals surface area (Å²) >= 11 is 5.74. The van der Waals surface area contributed by atoms with E-state index in [9.17, 15) is 21.6 Å². The molecule has 0 aliphatic heterocycles. The number of rotatable bonds is 8. The molecule has 1 atom stereocenters. The quantitative estimate of drug-likeness (QED) is 0.649. The fourth-order valence-electron chi connectivity index (χ4n) is 2.40. The van der Waals surface area contributed by atoms with E-state index in [0.717, 1.165) is 11.8 Å². The van der Waals surface area contributed by atoms with Crippen LogP contribution in [0.5, 0.6) is 0 Å². The van der Waals surface area contributed by atoms with Crippen LogP contribution < -0.4 is 10.0 Å². The Morgan fingerprint density at radius 1 is 0.964 bits per heavy atom. The van der Waals surface area contributed by atoms with Crippen LogP contribution >= 0.6 is 11.6 Å². The van der Waals surface area contributed by atoms with E-state index in [1.807, 2.05) is 0 Å². The fourth-order valence-corrected chi connectivity index (χ4v) is 4.18. The SMILES string of the molecule is CC(NC(=O)CCNS(=O)(=O)c1ccc(Cl)cc1)c1ccc(S(C)(=O)=O)cc1. The van der Waals surface area contributed by atoms with E-state index in [4.69, 9.17) is 11.6 Å². The van der Waals surface area contributed by atoms with Crippen molar-refractivity contribution in [3.8, 4) is 0 Å². The highest BCUT2D eigenvalue weighted by atomic mass is 35.5. The lowest BCUT2D eigenvalue weighted by Gasteiger charge is -2.15. The lowest BCUT2D eigenvalue weighted by atomic mass is 10.1. The molecule has 0 bridgehead atoms. The van der Waals surface area contributed by atoms with Crippen LogP contribution in [0.3, 0.4) is 0 Å². The number of hydrogen-bond donors (Lipinski definition) is 2. The van der Waals surface area contributed by atoms with E-state index < -0.39 is 19.9 Å². The van der Waals surface area contributed by atoms with Gasteiger partial charge in [0.25, 0.3) is 0 Å². The first kappa shape index (κ1) is 22.4. The second-order valence-electron chi connectivity index (χ2n) is 6.23. The van der Waals surface area contributed by atoms with Gasteiger partial charge in [-0.1, -0.05) is 23.7 Å². The summed E-state index contributed by atoms with van der Waals surface area (Å²) < 4.78 is 49.6. The Morgan fingerprint density at radius 3 is 2.04 bits per heavy atom. The normalized spacial score (nSPS) is 13.1. The maximum Gasteiger partial charge on any atom is 0.240 e. The van der Waals surface area contributed by atoms with Gasteiger partial charge in [0.15, 0.2) is 9.84 Å². The Labute approximate surface area is 170 Å². The summed E-state index contributed by atoms with van der Waals surface area (Å²) in [5.41, 5.74) is 0.738. The maximum absolute atomic E-state index is 12.1. The topological polar surface area (TPSA) is 109 Å². The van der Waals surface area contributed by atoms with Crippen molar-refractivity contribution in [1.82, 2.24) is 10.0 Å². The first-order valence-corrected chi connectivity index (χ1v) is 12.1. The van der Waals surface area contributed by atoms with Gasteiger partial charge in [-0.3, -0.25) is 4.79 Å². The smallest absolute Gasteiger partial charge is 0.240 e. The van der Waals surface area contributed by atoms with Gasteiger partial charge in [0.1, 0.15) is 0 Å². The number of nitrogens with one attached hydrogen (secondary N) is 2. The number of carbonyl (C=O) groups excluding carboxylic acids is 1. The van der Waals surface area contributed by atoms with Crippen LogP contribution in [0, 0.1) is 0 Å². The van der Waals surface area contributed by atoms with Crippen molar-refractivity contribution >= 4 is 37.4 Å². The zero-order valence-electron chi connectivity index (χ0n) is 15.3. The summed E-state index contributed by atoms with van der Waals surface area (Å²) in [7, 11) is -7.00. The Bertz CT molecular complexity index is 1030. The second kappa shape index (κ2) is 9.04. The summed E-state index contributed by atoms with van der Waals surface area (Å²) in [6, 6.07) is 11.6. The third-order valence-electron chi connectivity index (χ3n) is 3.95. The Hall–Kier alpha value is -1.94. The highest BCUT2D eigenvalue weighted by molar-refractivity contribution is 7.90. The molecule has 2 aromatic carbocycles. The number of sulfone groups is 1. The van der Waals surface area contributed by atoms with E-state index in [-0.39, 0.29) is 34.7 Å². The Kier molecular flexibility index (Phi) is 7.22. The monoisotopic (exact) mass is 444 g/mol. The molecule has 10 heteroatoms. The van der Waals surface area contributed by atoms with E-state index >= 15 is 0 Å². The molecule has 2 N–H and O–H groups in total. The van der Waals surface area contributed by atoms with Gasteiger partial charge in [-0.25, -0.2) is 21.6 Å². The molecule has 1 unspecified atom stereocenters. The molecule has 2 aromatic rings. The fraction of sp³-hybridized carbons (Fsp3) is 0.278. The van der Waals surface area contributed by atoms with Crippen molar-refractivity contribution in [2.45, 2.75) is 29.2 Å². The van der Waals surface area contributed by atoms with Crippen LogP contribution in [0.4, 0.5) is 0 Å². The van der Waals surface area contributed by atoms with Gasteiger partial charge in [0.2, 0.25) is 15.9 Å². The molecular formula is C18H21ClN2O5S2. The Morgan fingerprint density at radius 2 is 1.50 bits per heavy atom. The van der Waals surface area contributed by atoms with Gasteiger partial charge in [0, 0.05) is 24.2 Å². The third kappa shape index (κ3) is 6.30. The lowest BCUT2D eigenvalue weighted by molar-refractivity contribution is -0.121. The minimum Gasteiger partial charge on any atom is -0.350 e. The highest BCUT2D eigenvalue weighted by Gasteiger charge is 2.15. The molecule has 0 heterocycles. The molecule has 0 aliphatic carbocycles. The van der Waals surface area contributed by atoms with Gasteiger partial charge in [-0.2, -0.15) is 0 Å². The zero-order chi connectivity index (χ0) is 20.9. The first-order valence-electron chi connectivity index (χ1n) is 8.33. The summed E-state index contributed by atoms with van der Waals surface area (Å²) in [6.07, 6.45) is 1.08. The van der Waals surface area contributed by atoms with E-state index in [2.05, 4.69) is 10.0 Å². The minimum absolute atomic E-state index is 0.0431. The molecule has 1 amide bonds. The molecule has 152 valence electrons. The molecular weight excluding hydrogens is 424 g/mol. The molecule has 0 aromatic heterocycles. The molecule has 0 spiro atoms. The number of halogens is 1. The predicted molar refractivity (Wildman–Crippen MR) is 107 cm³/mol. The highest BCUT2D eigenvalue weighted by Crippen LogP contribution is 2.16. The van der Waals surface area contributed by atoms with Crippen molar-refractivity contribution in [1.29, 1.82) is 0 Å². The second-order valence-corrected chi connectivity index (χ2v) is 10.5. The first-order chi connectivity index (χ1) is 13.0. The number of amides is 1. The molecule has 7 nitrogen and oxygen atoms in total. The zero-order valence-corrected chi connectivity index (χ0v) is 17.7. The predicted octanol–water partition coefficient (Wildman–Crippen LogP) is 2.29. The van der Waals surface area contributed by atoms with Gasteiger partial charge >= 0.3 is 0 Å². The number of hydrogen-bond acceptors (Lipinski definition) is 5. The van der Waals surface area contributed by atoms with Crippen LogP contribution in [-0.2, 0) is 24.7 Å². The average molecular weight is 445 g/mol. The van der Waals surface area contributed by atoms with E-state index in [0.29, 0.717) is 5.02 Å². The Balaban J connectivity index is 1.87. The van der Waals surface area contributed by atoms with E-state index in [1.54, 1.807) is 19.1 Å². The van der Waals surface area contributed by atoms with Crippen LogP contribution in [-0.4, -0.2) is 35.5 Å². The largest absolute Gasteiger partial charge is 0.350 e. The minimum atomic E-state index is -3.72. The summed E-state index contributed by atoms with van der Waals surface area (Å²) in [5.74, 6) is -0.335. The molecule has 0 saturated carbocycles. The van der Waals surface area contributed by atoms with E-state index in [1.165, 1.54) is 36.4 Å². The molecule has 2 rings (SSSR count). The number of carbonyl (C=O) groups is 1. The van der Waals surface area contributed by atoms with Crippen LogP contribution in [0.15, 0.2) is 58.3 Å². The van der Waals surface area contributed by atoms with Gasteiger partial charge in [0.05, 0.1) is 15.8 Å². The third-order valence-corrected chi connectivity index (χ3v) is 6.81. The molecule has 0 saturated heterocycles. The summed E-state index contributed by atoms with van der Waals surface area (Å²) in [6.45, 7) is 1.70. The molecule has 0 aliphatic rings. The van der Waals surface area contributed by atoms with Crippen molar-refractivity contribution in [2.75, 3.05) is 12.8 Å².